The molecule has 0 atom stereocenters. The number of aryl methyl sites for hydroxylation is 1. The number of nitrogens with zero attached hydrogens (tertiary/aromatic N) is 4. The minimum Gasteiger partial charge on any atom is -0.373 e. The Labute approximate surface area is 113 Å². The van der Waals surface area contributed by atoms with Crippen molar-refractivity contribution in [2.45, 2.75) is 12.7 Å². The summed E-state index contributed by atoms with van der Waals surface area (Å²) in [6, 6.07) is 1.90. The van der Waals surface area contributed by atoms with Crippen LogP contribution in [-0.2, 0) is 19.8 Å². The fraction of sp³-hybridized carbons (Fsp3) is 0.364. The van der Waals surface area contributed by atoms with Crippen molar-refractivity contribution >= 4 is 11.6 Å². The highest BCUT2D eigenvalue weighted by atomic mass is 19.4. The molecule has 108 valence electrons. The van der Waals surface area contributed by atoms with Gasteiger partial charge in [-0.05, 0) is 12.1 Å². The average molecular weight is 286 g/mol. The molecule has 20 heavy (non-hydrogen) atoms. The number of pyridine rings is 1. The number of alkyl halides is 3. The van der Waals surface area contributed by atoms with E-state index in [1.54, 1.807) is 7.05 Å². The van der Waals surface area contributed by atoms with Crippen molar-refractivity contribution in [3.63, 3.8) is 0 Å². The Bertz CT molecular complexity index is 592. The van der Waals surface area contributed by atoms with Crippen LogP contribution in [0, 0.1) is 0 Å². The van der Waals surface area contributed by atoms with Crippen LogP contribution in [0.15, 0.2) is 18.5 Å². The molecule has 6 nitrogen and oxygen atoms in total. The van der Waals surface area contributed by atoms with Crippen molar-refractivity contribution in [3.8, 4) is 0 Å². The van der Waals surface area contributed by atoms with Crippen LogP contribution in [0.5, 0.6) is 0 Å². The summed E-state index contributed by atoms with van der Waals surface area (Å²) in [4.78, 5) is 7.97. The summed E-state index contributed by atoms with van der Waals surface area (Å²) >= 11 is 0. The first-order valence-electron chi connectivity index (χ1n) is 5.74. The normalized spacial score (nSPS) is 11.4. The molecule has 0 bridgehead atoms. The van der Waals surface area contributed by atoms with Gasteiger partial charge in [0.25, 0.3) is 0 Å². The number of nitrogens with one attached hydrogen (secondary N) is 2. The highest BCUT2D eigenvalue weighted by Crippen LogP contribution is 2.31. The topological polar surface area (TPSA) is 67.7 Å². The highest BCUT2D eigenvalue weighted by Gasteiger charge is 2.31. The zero-order chi connectivity index (χ0) is 14.8. The lowest BCUT2D eigenvalue weighted by molar-refractivity contribution is -0.137. The maximum Gasteiger partial charge on any atom is 0.416 e. The summed E-state index contributed by atoms with van der Waals surface area (Å²) in [5.41, 5.74) is -0.770. The van der Waals surface area contributed by atoms with Crippen LogP contribution < -0.4 is 10.6 Å². The minimum atomic E-state index is -4.42. The van der Waals surface area contributed by atoms with E-state index in [0.717, 1.165) is 12.1 Å². The number of halogens is 3. The van der Waals surface area contributed by atoms with Gasteiger partial charge in [0.05, 0.1) is 12.1 Å². The molecule has 9 heteroatoms. The second kappa shape index (κ2) is 5.35. The molecular formula is C11H13F3N6. The molecule has 0 unspecified atom stereocenters. The monoisotopic (exact) mass is 286 g/mol. The van der Waals surface area contributed by atoms with Crippen molar-refractivity contribution in [2.24, 2.45) is 7.05 Å². The van der Waals surface area contributed by atoms with Crippen LogP contribution in [0.2, 0.25) is 0 Å². The van der Waals surface area contributed by atoms with Gasteiger partial charge in [-0.1, -0.05) is 0 Å². The van der Waals surface area contributed by atoms with E-state index in [9.17, 15) is 13.2 Å². The first kappa shape index (κ1) is 14.1. The minimum absolute atomic E-state index is 0.108. The van der Waals surface area contributed by atoms with Gasteiger partial charge in [0.15, 0.2) is 5.82 Å². The molecule has 2 heterocycles. The summed E-state index contributed by atoms with van der Waals surface area (Å²) in [5.74, 6) is 0.714. The van der Waals surface area contributed by atoms with Crippen molar-refractivity contribution in [1.82, 2.24) is 19.7 Å². The largest absolute Gasteiger partial charge is 0.416 e. The van der Waals surface area contributed by atoms with Gasteiger partial charge >= 0.3 is 6.18 Å². The van der Waals surface area contributed by atoms with Crippen molar-refractivity contribution < 1.29 is 13.2 Å². The molecule has 0 aliphatic rings. The summed E-state index contributed by atoms with van der Waals surface area (Å²) in [6.07, 6.45) is -2.91. The van der Waals surface area contributed by atoms with E-state index in [-0.39, 0.29) is 18.2 Å². The van der Waals surface area contributed by atoms with Gasteiger partial charge in [-0.2, -0.15) is 18.3 Å². The summed E-state index contributed by atoms with van der Waals surface area (Å²) in [5, 5.41) is 9.38. The molecule has 0 aliphatic heterocycles. The second-order valence-corrected chi connectivity index (χ2v) is 4.06. The van der Waals surface area contributed by atoms with Crippen LogP contribution >= 0.6 is 0 Å². The van der Waals surface area contributed by atoms with Crippen LogP contribution in [-0.4, -0.2) is 26.8 Å². The summed E-state index contributed by atoms with van der Waals surface area (Å²) in [6.45, 7) is 0.193. The third-order valence-electron chi connectivity index (χ3n) is 2.48. The lowest BCUT2D eigenvalue weighted by atomic mass is 10.2. The second-order valence-electron chi connectivity index (χ2n) is 4.06. The first-order valence-corrected chi connectivity index (χ1v) is 5.74. The van der Waals surface area contributed by atoms with Crippen LogP contribution in [0.4, 0.5) is 24.8 Å². The van der Waals surface area contributed by atoms with E-state index in [0.29, 0.717) is 5.82 Å². The quantitative estimate of drug-likeness (QED) is 0.898. The highest BCUT2D eigenvalue weighted by molar-refractivity contribution is 5.49. The van der Waals surface area contributed by atoms with Crippen molar-refractivity contribution in [3.05, 3.63) is 29.8 Å². The van der Waals surface area contributed by atoms with Crippen LogP contribution in [0.25, 0.3) is 0 Å². The Balaban J connectivity index is 2.18. The van der Waals surface area contributed by atoms with Gasteiger partial charge in [0, 0.05) is 14.1 Å². The Kier molecular flexibility index (Phi) is 3.77. The van der Waals surface area contributed by atoms with E-state index in [1.165, 1.54) is 18.1 Å². The Morgan fingerprint density at radius 2 is 1.95 bits per heavy atom. The Morgan fingerprint density at radius 3 is 2.50 bits per heavy atom. The van der Waals surface area contributed by atoms with E-state index < -0.39 is 11.7 Å². The molecule has 0 fully saturated rings. The standard InChI is InChI=1S/C11H13F3N6/c1-15-8-3-7(11(12,13)14)4-9(18-8)16-5-10-17-6-20(2)19-10/h3-4,6H,5H2,1-2H3,(H2,15,16,18). The van der Waals surface area contributed by atoms with Gasteiger partial charge < -0.3 is 10.6 Å². The van der Waals surface area contributed by atoms with Gasteiger partial charge in [0.2, 0.25) is 0 Å². The fourth-order valence-corrected chi connectivity index (χ4v) is 1.55. The van der Waals surface area contributed by atoms with E-state index >= 15 is 0 Å². The Hall–Kier alpha value is -2.32. The first-order chi connectivity index (χ1) is 9.38. The van der Waals surface area contributed by atoms with E-state index in [1.807, 2.05) is 0 Å². The summed E-state index contributed by atoms with van der Waals surface area (Å²) < 4.78 is 39.7. The van der Waals surface area contributed by atoms with Crippen molar-refractivity contribution in [2.75, 3.05) is 17.7 Å². The summed E-state index contributed by atoms with van der Waals surface area (Å²) in [7, 11) is 3.21. The molecule has 2 aromatic rings. The predicted molar refractivity (Wildman–Crippen MR) is 67.1 cm³/mol. The molecule has 0 spiro atoms. The number of hydrogen-bond donors (Lipinski definition) is 2. The number of aromatic nitrogens is 4. The third kappa shape index (κ3) is 3.37. The molecule has 0 amide bonds. The number of hydrogen-bond acceptors (Lipinski definition) is 5. The lowest BCUT2D eigenvalue weighted by Crippen LogP contribution is -2.10. The van der Waals surface area contributed by atoms with Gasteiger partial charge in [-0.15, -0.1) is 0 Å². The average Bonchev–Trinajstić information content (AvgIpc) is 2.81. The smallest absolute Gasteiger partial charge is 0.373 e. The number of rotatable bonds is 4. The van der Waals surface area contributed by atoms with Crippen LogP contribution in [0.3, 0.4) is 0 Å². The van der Waals surface area contributed by atoms with E-state index in [4.69, 9.17) is 0 Å². The molecule has 2 rings (SSSR count). The van der Waals surface area contributed by atoms with Gasteiger partial charge in [0.1, 0.15) is 18.0 Å². The molecule has 0 radical (unpaired) electrons. The maximum absolute atomic E-state index is 12.7. The SMILES string of the molecule is CNc1cc(C(F)(F)F)cc(NCc2ncn(C)n2)n1. The van der Waals surface area contributed by atoms with Crippen molar-refractivity contribution in [1.29, 1.82) is 0 Å². The number of anilines is 2. The van der Waals surface area contributed by atoms with E-state index in [2.05, 4.69) is 25.7 Å². The van der Waals surface area contributed by atoms with Gasteiger partial charge in [-0.3, -0.25) is 4.68 Å². The molecule has 2 N–H and O–H groups in total. The zero-order valence-electron chi connectivity index (χ0n) is 10.9. The van der Waals surface area contributed by atoms with Crippen LogP contribution in [0.1, 0.15) is 11.4 Å². The molecule has 0 saturated carbocycles. The molecule has 2 aromatic heterocycles. The molecule has 0 aromatic carbocycles. The molecule has 0 aliphatic carbocycles. The Morgan fingerprint density at radius 1 is 1.25 bits per heavy atom. The maximum atomic E-state index is 12.7. The lowest BCUT2D eigenvalue weighted by Gasteiger charge is -2.11. The third-order valence-corrected chi connectivity index (χ3v) is 2.48. The fourth-order valence-electron chi connectivity index (χ4n) is 1.55. The predicted octanol–water partition coefficient (Wildman–Crippen LogP) is 1.88. The van der Waals surface area contributed by atoms with Gasteiger partial charge in [-0.25, -0.2) is 9.97 Å². The molecule has 0 saturated heterocycles. The molecular weight excluding hydrogens is 273 g/mol. The zero-order valence-corrected chi connectivity index (χ0v) is 10.9.